The predicted octanol–water partition coefficient (Wildman–Crippen LogP) is 13.6. The Balaban J connectivity index is 1.13. The fraction of sp³-hybridized carbons (Fsp3) is 0.638. The zero-order valence-electron chi connectivity index (χ0n) is 33.5. The van der Waals surface area contributed by atoms with Gasteiger partial charge in [0.05, 0.1) is 16.3 Å². The van der Waals surface area contributed by atoms with Crippen molar-refractivity contribution in [3.8, 4) is 0 Å². The van der Waals surface area contributed by atoms with Crippen LogP contribution >= 0.6 is 22.9 Å². The van der Waals surface area contributed by atoms with Gasteiger partial charge in [0.1, 0.15) is 11.6 Å². The first-order valence-corrected chi connectivity index (χ1v) is 22.9. The quantitative estimate of drug-likeness (QED) is 0.0859. The summed E-state index contributed by atoms with van der Waals surface area (Å²) in [6.45, 7) is 2.20. The highest BCUT2D eigenvalue weighted by molar-refractivity contribution is 7.10. The van der Waals surface area contributed by atoms with Gasteiger partial charge in [0.25, 0.3) is 0 Å². The van der Waals surface area contributed by atoms with Crippen molar-refractivity contribution in [1.29, 1.82) is 0 Å². The normalized spacial score (nSPS) is 20.2. The Morgan fingerprint density at radius 2 is 1.66 bits per heavy atom. The summed E-state index contributed by atoms with van der Waals surface area (Å²) >= 11 is 8.04. The van der Waals surface area contributed by atoms with E-state index in [1.807, 2.05) is 23.7 Å². The van der Waals surface area contributed by atoms with E-state index in [2.05, 4.69) is 35.5 Å². The Bertz CT molecular complexity index is 1650. The molecule has 56 heavy (non-hydrogen) atoms. The number of aromatic nitrogens is 1. The van der Waals surface area contributed by atoms with Gasteiger partial charge in [-0.15, -0.1) is 11.3 Å². The fourth-order valence-corrected chi connectivity index (χ4v) is 10.7. The Morgan fingerprint density at radius 1 is 0.929 bits per heavy atom. The molecule has 4 nitrogen and oxygen atoms in total. The molecule has 0 saturated heterocycles. The number of rotatable bonds is 21. The van der Waals surface area contributed by atoms with Crippen molar-refractivity contribution in [3.05, 3.63) is 80.3 Å². The van der Waals surface area contributed by atoms with Crippen molar-refractivity contribution >= 4 is 40.2 Å². The number of benzene rings is 1. The summed E-state index contributed by atoms with van der Waals surface area (Å²) in [7, 11) is 0. The summed E-state index contributed by atoms with van der Waals surface area (Å²) in [4.78, 5) is 32.6. The number of ketones is 2. The third kappa shape index (κ3) is 14.0. The number of halogens is 4. The standard InChI is InChI=1S/C47H64ClF3N2O2S/c1-2-3-9-33(10-4-5-12-35-22-25-53-26-23-35)20-21-44(55)39(29-37-30-41(47(49,50)51)46(52)42(48)31-37)13-7-6-11-34-16-18-36(19-17-34)28-40-32-45-38(24-27-56-45)14-8-15-43(40)54/h22-27,30-31,33-34,36,39-40H,2-21,28-29,32,52H2,1H3/t33?,34?,36?,39-,40?/m1/s1. The van der Waals surface area contributed by atoms with Crippen LogP contribution in [0.1, 0.15) is 156 Å². The minimum atomic E-state index is -4.62. The zero-order chi connectivity index (χ0) is 39.9. The van der Waals surface area contributed by atoms with E-state index in [0.29, 0.717) is 48.4 Å². The molecule has 0 radical (unpaired) electrons. The molecule has 2 unspecified atom stereocenters. The van der Waals surface area contributed by atoms with Gasteiger partial charge in [-0.1, -0.05) is 95.6 Å². The number of unbranched alkanes of at least 4 members (excludes halogenated alkanes) is 3. The number of carbonyl (C=O) groups excluding carboxylic acids is 2. The Labute approximate surface area is 343 Å². The minimum Gasteiger partial charge on any atom is -0.397 e. The average molecular weight is 814 g/mol. The van der Waals surface area contributed by atoms with E-state index in [1.54, 1.807) is 0 Å². The number of alkyl halides is 3. The third-order valence-corrected chi connectivity index (χ3v) is 14.2. The van der Waals surface area contributed by atoms with Crippen molar-refractivity contribution in [2.45, 2.75) is 161 Å². The Hall–Kier alpha value is -2.71. The van der Waals surface area contributed by atoms with E-state index < -0.39 is 17.4 Å². The maximum atomic E-state index is 14.0. The van der Waals surface area contributed by atoms with Crippen molar-refractivity contribution in [2.75, 3.05) is 5.73 Å². The molecule has 0 amide bonds. The summed E-state index contributed by atoms with van der Waals surface area (Å²) in [5.74, 6) is 2.15. The van der Waals surface area contributed by atoms with Gasteiger partial charge < -0.3 is 5.73 Å². The fourth-order valence-electron chi connectivity index (χ4n) is 9.44. The molecule has 0 spiro atoms. The SMILES string of the molecule is CCCCC(CCCCc1ccncc1)CCC(=O)[C@H](CCCCC1CCC(CC2Cc3sccc3CCCC2=O)CC1)Cc1cc(Cl)c(N)c(C(F)(F)F)c1. The topological polar surface area (TPSA) is 73.0 Å². The van der Waals surface area contributed by atoms with E-state index in [9.17, 15) is 22.8 Å². The zero-order valence-corrected chi connectivity index (χ0v) is 35.1. The van der Waals surface area contributed by atoms with Gasteiger partial charge in [0.15, 0.2) is 0 Å². The number of anilines is 1. The van der Waals surface area contributed by atoms with Crippen LogP contribution in [0.4, 0.5) is 18.9 Å². The van der Waals surface area contributed by atoms with Crippen molar-refractivity contribution in [2.24, 2.45) is 29.6 Å². The molecule has 3 atom stereocenters. The van der Waals surface area contributed by atoms with Crippen LogP contribution in [0.2, 0.25) is 5.02 Å². The number of aryl methyl sites for hydroxylation is 2. The molecule has 0 bridgehead atoms. The van der Waals surface area contributed by atoms with Crippen LogP contribution in [-0.4, -0.2) is 16.6 Å². The highest BCUT2D eigenvalue weighted by Crippen LogP contribution is 2.40. The second-order valence-electron chi connectivity index (χ2n) is 17.0. The number of hydrogen-bond donors (Lipinski definition) is 1. The monoisotopic (exact) mass is 812 g/mol. The number of hydrogen-bond acceptors (Lipinski definition) is 5. The molecule has 9 heteroatoms. The molecule has 0 aliphatic heterocycles. The van der Waals surface area contributed by atoms with E-state index >= 15 is 0 Å². The average Bonchev–Trinajstić information content (AvgIpc) is 3.61. The highest BCUT2D eigenvalue weighted by Gasteiger charge is 2.35. The van der Waals surface area contributed by atoms with E-state index in [-0.39, 0.29) is 29.1 Å². The van der Waals surface area contributed by atoms with Gasteiger partial charge in [-0.25, -0.2) is 0 Å². The van der Waals surface area contributed by atoms with E-state index in [4.69, 9.17) is 17.3 Å². The van der Waals surface area contributed by atoms with Crippen LogP contribution in [0, 0.1) is 29.6 Å². The molecule has 2 aromatic heterocycles. The number of pyridine rings is 1. The van der Waals surface area contributed by atoms with Gasteiger partial charge in [-0.05, 0) is 128 Å². The van der Waals surface area contributed by atoms with Crippen LogP contribution in [-0.2, 0) is 41.4 Å². The molecule has 308 valence electrons. The van der Waals surface area contributed by atoms with Crippen LogP contribution in [0.5, 0.6) is 0 Å². The summed E-state index contributed by atoms with van der Waals surface area (Å²) in [5, 5.41) is 2.06. The first-order chi connectivity index (χ1) is 27.0. The van der Waals surface area contributed by atoms with Gasteiger partial charge in [-0.2, -0.15) is 13.2 Å². The molecule has 1 aromatic carbocycles. The Morgan fingerprint density at radius 3 is 2.41 bits per heavy atom. The Kier molecular flexibility index (Phi) is 17.8. The predicted molar refractivity (Wildman–Crippen MR) is 225 cm³/mol. The summed E-state index contributed by atoms with van der Waals surface area (Å²) in [6.07, 6.45) is 21.2. The maximum absolute atomic E-state index is 14.0. The lowest BCUT2D eigenvalue weighted by Gasteiger charge is -2.31. The smallest absolute Gasteiger partial charge is 0.397 e. The number of Topliss-reactive ketones (excluding diaryl/α,β-unsaturated/α-hetero) is 2. The molecule has 2 heterocycles. The van der Waals surface area contributed by atoms with Crippen molar-refractivity contribution < 1.29 is 22.8 Å². The van der Waals surface area contributed by atoms with Gasteiger partial charge >= 0.3 is 6.18 Å². The molecule has 1 fully saturated rings. The lowest BCUT2D eigenvalue weighted by Crippen LogP contribution is -2.25. The van der Waals surface area contributed by atoms with Crippen LogP contribution in [0.3, 0.4) is 0 Å². The van der Waals surface area contributed by atoms with Crippen LogP contribution in [0.15, 0.2) is 48.1 Å². The second kappa shape index (κ2) is 22.4. The van der Waals surface area contributed by atoms with Crippen LogP contribution in [0.25, 0.3) is 0 Å². The maximum Gasteiger partial charge on any atom is 0.418 e. The van der Waals surface area contributed by atoms with Crippen molar-refractivity contribution in [3.63, 3.8) is 0 Å². The lowest BCUT2D eigenvalue weighted by molar-refractivity contribution is -0.137. The number of nitrogens with zero attached hydrogens (tertiary/aromatic N) is 1. The summed E-state index contributed by atoms with van der Waals surface area (Å²) in [5.41, 5.74) is 7.53. The molecule has 2 N–H and O–H groups in total. The number of fused-ring (bicyclic) bond motifs is 1. The van der Waals surface area contributed by atoms with E-state index in [1.165, 1.54) is 47.8 Å². The van der Waals surface area contributed by atoms with Crippen molar-refractivity contribution in [1.82, 2.24) is 4.98 Å². The van der Waals surface area contributed by atoms with Gasteiger partial charge in [0, 0.05) is 41.9 Å². The number of carbonyl (C=O) groups is 2. The molecule has 1 saturated carbocycles. The third-order valence-electron chi connectivity index (χ3n) is 12.9. The highest BCUT2D eigenvalue weighted by atomic mass is 35.5. The summed E-state index contributed by atoms with van der Waals surface area (Å²) in [6, 6.07) is 8.98. The lowest BCUT2D eigenvalue weighted by atomic mass is 9.74. The van der Waals surface area contributed by atoms with E-state index in [0.717, 1.165) is 102 Å². The summed E-state index contributed by atoms with van der Waals surface area (Å²) < 4.78 is 41.6. The minimum absolute atomic E-state index is 0.113. The largest absolute Gasteiger partial charge is 0.418 e. The van der Waals surface area contributed by atoms with Gasteiger partial charge in [0.2, 0.25) is 0 Å². The van der Waals surface area contributed by atoms with Crippen LogP contribution < -0.4 is 5.73 Å². The van der Waals surface area contributed by atoms with Gasteiger partial charge in [-0.3, -0.25) is 14.6 Å². The molecule has 2 aliphatic carbocycles. The first-order valence-electron chi connectivity index (χ1n) is 21.6. The first kappa shape index (κ1) is 44.4. The molecule has 5 rings (SSSR count). The molecular weight excluding hydrogens is 749 g/mol. The molecule has 2 aliphatic rings. The number of nitrogens with two attached hydrogens (primary N) is 1. The number of nitrogen functional groups attached to an aromatic ring is 1. The second-order valence-corrected chi connectivity index (χ2v) is 18.5. The molecular formula is C47H64ClF3N2O2S. The number of thiophene rings is 1. The molecule has 3 aromatic rings.